The van der Waals surface area contributed by atoms with E-state index < -0.39 is 0 Å². The summed E-state index contributed by atoms with van der Waals surface area (Å²) < 4.78 is 5.45. The van der Waals surface area contributed by atoms with Gasteiger partial charge in [-0.2, -0.15) is 0 Å². The topological polar surface area (TPSA) is 64.5 Å². The van der Waals surface area contributed by atoms with Crippen LogP contribution in [0.4, 0.5) is 0 Å². The lowest BCUT2D eigenvalue weighted by Crippen LogP contribution is -1.86. The van der Waals surface area contributed by atoms with Crippen molar-refractivity contribution in [1.82, 2.24) is 6.15 Å². The van der Waals surface area contributed by atoms with Crippen molar-refractivity contribution in [2.24, 2.45) is 0 Å². The molecule has 2 aromatic carbocycles. The molecule has 96 valence electrons. The summed E-state index contributed by atoms with van der Waals surface area (Å²) in [5.74, 6) is 0.635. The highest BCUT2D eigenvalue weighted by Gasteiger charge is 2.08. The van der Waals surface area contributed by atoms with Gasteiger partial charge in [0.15, 0.2) is 11.5 Å². The zero-order chi connectivity index (χ0) is 12.4. The largest absolute Gasteiger partial charge is 0.504 e. The van der Waals surface area contributed by atoms with E-state index in [1.54, 1.807) is 30.3 Å². The van der Waals surface area contributed by atoms with Gasteiger partial charge < -0.3 is 16.0 Å². The Labute approximate surface area is 119 Å². The molecule has 2 aromatic rings. The fourth-order valence-corrected chi connectivity index (χ4v) is 1.87. The van der Waals surface area contributed by atoms with Gasteiger partial charge in [-0.05, 0) is 30.3 Å². The van der Waals surface area contributed by atoms with E-state index in [4.69, 9.17) is 39.5 Å². The third kappa shape index (κ3) is 3.43. The average Bonchev–Trinajstić information content (AvgIpc) is 2.25. The number of phenols is 1. The van der Waals surface area contributed by atoms with Crippen LogP contribution < -0.4 is 10.9 Å². The maximum atomic E-state index is 9.62. The molecule has 0 amide bonds. The molecule has 18 heavy (non-hydrogen) atoms. The lowest BCUT2D eigenvalue weighted by Gasteiger charge is -2.09. The van der Waals surface area contributed by atoms with Gasteiger partial charge in [-0.15, -0.1) is 0 Å². The molecule has 0 heterocycles. The van der Waals surface area contributed by atoms with Gasteiger partial charge in [0, 0.05) is 16.1 Å². The quantitative estimate of drug-likeness (QED) is 0.790. The molecule has 3 nitrogen and oxygen atoms in total. The Kier molecular flexibility index (Phi) is 5.11. The van der Waals surface area contributed by atoms with Crippen molar-refractivity contribution in [2.45, 2.75) is 0 Å². The zero-order valence-electron chi connectivity index (χ0n) is 9.16. The number of hydrogen-bond acceptors (Lipinski definition) is 3. The van der Waals surface area contributed by atoms with Crippen LogP contribution in [0.2, 0.25) is 15.1 Å². The third-order valence-corrected chi connectivity index (χ3v) is 2.80. The minimum atomic E-state index is -0.0523. The molecule has 0 atom stereocenters. The van der Waals surface area contributed by atoms with Crippen molar-refractivity contribution >= 4 is 34.8 Å². The summed E-state index contributed by atoms with van der Waals surface area (Å²) in [7, 11) is 0. The van der Waals surface area contributed by atoms with Crippen LogP contribution in [0.3, 0.4) is 0 Å². The number of hydrogen-bond donors (Lipinski definition) is 2. The molecule has 4 N–H and O–H groups in total. The molecule has 0 aromatic heterocycles. The van der Waals surface area contributed by atoms with Crippen LogP contribution in [0, 0.1) is 0 Å². The summed E-state index contributed by atoms with van der Waals surface area (Å²) in [4.78, 5) is 0. The number of benzene rings is 2. The summed E-state index contributed by atoms with van der Waals surface area (Å²) in [6.45, 7) is 0. The Morgan fingerprint density at radius 1 is 0.833 bits per heavy atom. The smallest absolute Gasteiger partial charge is 0.169 e. The van der Waals surface area contributed by atoms with Gasteiger partial charge >= 0.3 is 0 Å². The first-order valence-corrected chi connectivity index (χ1v) is 5.81. The first-order chi connectivity index (χ1) is 8.06. The van der Waals surface area contributed by atoms with Crippen molar-refractivity contribution in [3.05, 3.63) is 51.5 Å². The Balaban J connectivity index is 0.00000162. The second-order valence-corrected chi connectivity index (χ2v) is 4.57. The minimum absolute atomic E-state index is 0. The van der Waals surface area contributed by atoms with E-state index in [0.29, 0.717) is 20.8 Å². The van der Waals surface area contributed by atoms with Crippen LogP contribution in [-0.2, 0) is 0 Å². The van der Waals surface area contributed by atoms with Gasteiger partial charge in [-0.3, -0.25) is 0 Å². The van der Waals surface area contributed by atoms with E-state index in [9.17, 15) is 5.11 Å². The first kappa shape index (κ1) is 14.9. The Hall–Kier alpha value is -1.13. The monoisotopic (exact) mass is 305 g/mol. The molecule has 0 bridgehead atoms. The highest BCUT2D eigenvalue weighted by atomic mass is 35.5. The van der Waals surface area contributed by atoms with Crippen molar-refractivity contribution in [3.8, 4) is 17.2 Å². The van der Waals surface area contributed by atoms with Crippen LogP contribution in [-0.4, -0.2) is 5.11 Å². The standard InChI is InChI=1S/C12H7Cl3O2.H3N/c13-7-1-3-11(9(15)5-7)17-12-4-2-8(14)6-10(12)16;/h1-6,16H;1H3. The summed E-state index contributed by atoms with van der Waals surface area (Å²) in [5, 5.41) is 10.9. The van der Waals surface area contributed by atoms with Crippen molar-refractivity contribution in [1.29, 1.82) is 0 Å². The van der Waals surface area contributed by atoms with Crippen LogP contribution in [0.25, 0.3) is 0 Å². The van der Waals surface area contributed by atoms with E-state index in [1.807, 2.05) is 0 Å². The van der Waals surface area contributed by atoms with Gasteiger partial charge in [0.1, 0.15) is 5.75 Å². The zero-order valence-corrected chi connectivity index (χ0v) is 11.4. The lowest BCUT2D eigenvalue weighted by atomic mass is 10.3. The lowest BCUT2D eigenvalue weighted by molar-refractivity contribution is 0.411. The molecule has 0 aliphatic rings. The molecule has 0 unspecified atom stereocenters. The van der Waals surface area contributed by atoms with Crippen LogP contribution in [0.1, 0.15) is 0 Å². The predicted octanol–water partition coefficient (Wildman–Crippen LogP) is 5.31. The molecule has 0 saturated heterocycles. The van der Waals surface area contributed by atoms with Gasteiger partial charge in [-0.1, -0.05) is 34.8 Å². The maximum absolute atomic E-state index is 9.62. The molecule has 0 saturated carbocycles. The van der Waals surface area contributed by atoms with E-state index in [0.717, 1.165) is 0 Å². The summed E-state index contributed by atoms with van der Waals surface area (Å²) in [6.07, 6.45) is 0. The fourth-order valence-electron chi connectivity index (χ4n) is 1.25. The van der Waals surface area contributed by atoms with Crippen molar-refractivity contribution < 1.29 is 9.84 Å². The van der Waals surface area contributed by atoms with Gasteiger partial charge in [0.2, 0.25) is 0 Å². The predicted molar refractivity (Wildman–Crippen MR) is 74.7 cm³/mol. The number of aromatic hydroxyl groups is 1. The summed E-state index contributed by atoms with van der Waals surface area (Å²) in [6, 6.07) is 9.39. The van der Waals surface area contributed by atoms with E-state index in [-0.39, 0.29) is 17.6 Å². The SMILES string of the molecule is N.Oc1cc(Cl)ccc1Oc1ccc(Cl)cc1Cl. The number of ether oxygens (including phenoxy) is 1. The molecule has 0 aliphatic heterocycles. The molecule has 0 radical (unpaired) electrons. The molecular formula is C12H10Cl3NO2. The van der Waals surface area contributed by atoms with Crippen molar-refractivity contribution in [3.63, 3.8) is 0 Å². The van der Waals surface area contributed by atoms with Gasteiger partial charge in [0.05, 0.1) is 5.02 Å². The highest BCUT2D eigenvalue weighted by molar-refractivity contribution is 6.35. The molecule has 2 rings (SSSR count). The molecule has 0 fully saturated rings. The van der Waals surface area contributed by atoms with E-state index in [1.165, 1.54) is 6.07 Å². The molecule has 0 spiro atoms. The van der Waals surface area contributed by atoms with Crippen LogP contribution in [0.5, 0.6) is 17.2 Å². The Morgan fingerprint density at radius 3 is 1.94 bits per heavy atom. The maximum Gasteiger partial charge on any atom is 0.169 e. The Bertz CT molecular complexity index is 512. The van der Waals surface area contributed by atoms with Crippen LogP contribution in [0.15, 0.2) is 36.4 Å². The highest BCUT2D eigenvalue weighted by Crippen LogP contribution is 2.36. The number of phenolic OH excluding ortho intramolecular Hbond substituents is 1. The van der Waals surface area contributed by atoms with Gasteiger partial charge in [0.25, 0.3) is 0 Å². The Morgan fingerprint density at radius 2 is 1.39 bits per heavy atom. The minimum Gasteiger partial charge on any atom is -0.504 e. The normalized spacial score (nSPS) is 9.72. The van der Waals surface area contributed by atoms with Gasteiger partial charge in [-0.25, -0.2) is 0 Å². The fraction of sp³-hybridized carbons (Fsp3) is 0. The second-order valence-electron chi connectivity index (χ2n) is 3.29. The van der Waals surface area contributed by atoms with Crippen LogP contribution >= 0.6 is 34.8 Å². The summed E-state index contributed by atoms with van der Waals surface area (Å²) in [5.41, 5.74) is 0. The van der Waals surface area contributed by atoms with Crippen molar-refractivity contribution in [2.75, 3.05) is 0 Å². The number of halogens is 3. The second kappa shape index (κ2) is 6.16. The summed E-state index contributed by atoms with van der Waals surface area (Å²) >= 11 is 17.4. The molecule has 0 aliphatic carbocycles. The average molecular weight is 307 g/mol. The van der Waals surface area contributed by atoms with E-state index >= 15 is 0 Å². The third-order valence-electron chi connectivity index (χ3n) is 2.03. The number of rotatable bonds is 2. The molecule has 6 heteroatoms. The molecular weight excluding hydrogens is 296 g/mol. The van der Waals surface area contributed by atoms with E-state index in [2.05, 4.69) is 0 Å². The first-order valence-electron chi connectivity index (χ1n) is 4.67.